The van der Waals surface area contributed by atoms with Crippen molar-refractivity contribution in [1.82, 2.24) is 24.4 Å². The second-order valence-corrected chi connectivity index (χ2v) is 7.92. The van der Waals surface area contributed by atoms with Gasteiger partial charge in [0.25, 0.3) is 0 Å². The molecule has 6 nitrogen and oxygen atoms in total. The van der Waals surface area contributed by atoms with Crippen molar-refractivity contribution in [3.63, 3.8) is 0 Å². The maximum atomic E-state index is 12.9. The van der Waals surface area contributed by atoms with Gasteiger partial charge < -0.3 is 4.90 Å². The summed E-state index contributed by atoms with van der Waals surface area (Å²) in [6.45, 7) is 5.74. The SMILES string of the molecule is CC(C)c1nccn1-c1nccnc1[C@@H]1CCCN(C(=O)Cc2ccccc2)C1. The van der Waals surface area contributed by atoms with Gasteiger partial charge in [0.1, 0.15) is 5.82 Å². The second kappa shape index (κ2) is 8.55. The number of piperidine rings is 1. The van der Waals surface area contributed by atoms with Gasteiger partial charge in [-0.15, -0.1) is 0 Å². The van der Waals surface area contributed by atoms with Crippen LogP contribution < -0.4 is 0 Å². The maximum Gasteiger partial charge on any atom is 0.227 e. The summed E-state index contributed by atoms with van der Waals surface area (Å²) in [5.74, 6) is 2.44. The summed E-state index contributed by atoms with van der Waals surface area (Å²) in [5, 5.41) is 0. The van der Waals surface area contributed by atoms with Gasteiger partial charge in [-0.3, -0.25) is 14.3 Å². The minimum atomic E-state index is 0.176. The Balaban J connectivity index is 1.56. The van der Waals surface area contributed by atoms with E-state index in [1.807, 2.05) is 52.2 Å². The Hall–Kier alpha value is -3.02. The lowest BCUT2D eigenvalue weighted by molar-refractivity contribution is -0.131. The number of carbonyl (C=O) groups excluding carboxylic acids is 1. The maximum absolute atomic E-state index is 12.9. The van der Waals surface area contributed by atoms with Crippen molar-refractivity contribution < 1.29 is 4.79 Å². The molecule has 1 atom stereocenters. The van der Waals surface area contributed by atoms with Crippen LogP contribution >= 0.6 is 0 Å². The number of rotatable bonds is 5. The van der Waals surface area contributed by atoms with Gasteiger partial charge in [0.15, 0.2) is 5.82 Å². The second-order valence-electron chi connectivity index (χ2n) is 7.92. The van der Waals surface area contributed by atoms with Gasteiger partial charge in [0.2, 0.25) is 5.91 Å². The number of amides is 1. The molecule has 4 rings (SSSR count). The largest absolute Gasteiger partial charge is 0.342 e. The van der Waals surface area contributed by atoms with Gasteiger partial charge in [-0.2, -0.15) is 0 Å². The van der Waals surface area contributed by atoms with E-state index in [9.17, 15) is 4.79 Å². The fourth-order valence-electron chi connectivity index (χ4n) is 4.05. The molecule has 0 N–H and O–H groups in total. The van der Waals surface area contributed by atoms with Crippen molar-refractivity contribution in [3.8, 4) is 5.82 Å². The Bertz CT molecular complexity index is 966. The molecule has 0 bridgehead atoms. The van der Waals surface area contributed by atoms with Gasteiger partial charge in [-0.1, -0.05) is 44.2 Å². The van der Waals surface area contributed by atoms with Gasteiger partial charge in [-0.25, -0.2) is 9.97 Å². The van der Waals surface area contributed by atoms with E-state index in [1.165, 1.54) is 0 Å². The molecular weight excluding hydrogens is 362 g/mol. The molecule has 0 spiro atoms. The lowest BCUT2D eigenvalue weighted by Crippen LogP contribution is -2.40. The molecule has 6 heteroatoms. The van der Waals surface area contributed by atoms with E-state index in [0.717, 1.165) is 42.3 Å². The average molecular weight is 390 g/mol. The van der Waals surface area contributed by atoms with Crippen LogP contribution in [0.1, 0.15) is 55.6 Å². The average Bonchev–Trinajstić information content (AvgIpc) is 3.25. The topological polar surface area (TPSA) is 63.9 Å². The van der Waals surface area contributed by atoms with Crippen LogP contribution in [0.2, 0.25) is 0 Å². The molecule has 1 amide bonds. The van der Waals surface area contributed by atoms with Crippen LogP contribution in [0.4, 0.5) is 0 Å². The van der Waals surface area contributed by atoms with Crippen molar-refractivity contribution in [2.75, 3.05) is 13.1 Å². The Kier molecular flexibility index (Phi) is 5.69. The van der Waals surface area contributed by atoms with E-state index in [4.69, 9.17) is 0 Å². The van der Waals surface area contributed by atoms with Crippen LogP contribution in [-0.2, 0) is 11.2 Å². The zero-order valence-corrected chi connectivity index (χ0v) is 17.0. The molecule has 3 aromatic rings. The molecule has 0 unspecified atom stereocenters. The molecule has 0 radical (unpaired) electrons. The number of imidazole rings is 1. The van der Waals surface area contributed by atoms with Crippen molar-refractivity contribution in [3.05, 3.63) is 72.2 Å². The summed E-state index contributed by atoms with van der Waals surface area (Å²) in [4.78, 5) is 28.7. The smallest absolute Gasteiger partial charge is 0.227 e. The van der Waals surface area contributed by atoms with Crippen LogP contribution in [0.25, 0.3) is 5.82 Å². The first-order chi connectivity index (χ1) is 14.1. The van der Waals surface area contributed by atoms with Crippen molar-refractivity contribution >= 4 is 5.91 Å². The highest BCUT2D eigenvalue weighted by molar-refractivity contribution is 5.79. The lowest BCUT2D eigenvalue weighted by Gasteiger charge is -2.33. The third-order valence-electron chi connectivity index (χ3n) is 5.48. The van der Waals surface area contributed by atoms with Crippen molar-refractivity contribution in [1.29, 1.82) is 0 Å². The molecule has 1 saturated heterocycles. The molecule has 29 heavy (non-hydrogen) atoms. The first kappa shape index (κ1) is 19.3. The van der Waals surface area contributed by atoms with Crippen molar-refractivity contribution in [2.24, 2.45) is 0 Å². The van der Waals surface area contributed by atoms with Gasteiger partial charge in [-0.05, 0) is 18.4 Å². The highest BCUT2D eigenvalue weighted by Gasteiger charge is 2.28. The molecule has 150 valence electrons. The predicted molar refractivity (Wildman–Crippen MR) is 112 cm³/mol. The Morgan fingerprint density at radius 2 is 1.90 bits per heavy atom. The van der Waals surface area contributed by atoms with Gasteiger partial charge in [0, 0.05) is 49.7 Å². The van der Waals surface area contributed by atoms with Crippen LogP contribution in [0, 0.1) is 0 Å². The zero-order valence-electron chi connectivity index (χ0n) is 17.0. The van der Waals surface area contributed by atoms with E-state index in [2.05, 4.69) is 28.8 Å². The van der Waals surface area contributed by atoms with E-state index in [0.29, 0.717) is 13.0 Å². The molecule has 1 aliphatic rings. The first-order valence-corrected chi connectivity index (χ1v) is 10.3. The van der Waals surface area contributed by atoms with Gasteiger partial charge >= 0.3 is 0 Å². The highest BCUT2D eigenvalue weighted by atomic mass is 16.2. The summed E-state index contributed by atoms with van der Waals surface area (Å²) in [6, 6.07) is 9.94. The first-order valence-electron chi connectivity index (χ1n) is 10.3. The molecule has 1 aliphatic heterocycles. The lowest BCUT2D eigenvalue weighted by atomic mass is 9.93. The highest BCUT2D eigenvalue weighted by Crippen LogP contribution is 2.30. The van der Waals surface area contributed by atoms with Crippen molar-refractivity contribution in [2.45, 2.75) is 44.9 Å². The fraction of sp³-hybridized carbons (Fsp3) is 0.391. The molecule has 2 aromatic heterocycles. The molecule has 0 saturated carbocycles. The number of carbonyl (C=O) groups is 1. The minimum absolute atomic E-state index is 0.176. The number of aromatic nitrogens is 4. The number of benzene rings is 1. The Morgan fingerprint density at radius 1 is 1.10 bits per heavy atom. The van der Waals surface area contributed by atoms with Crippen LogP contribution in [0.3, 0.4) is 0 Å². The summed E-state index contributed by atoms with van der Waals surface area (Å²) in [7, 11) is 0. The number of nitrogens with zero attached hydrogens (tertiary/aromatic N) is 5. The van der Waals surface area contributed by atoms with Gasteiger partial charge in [0.05, 0.1) is 12.1 Å². The summed E-state index contributed by atoms with van der Waals surface area (Å²) < 4.78 is 2.04. The molecule has 1 aromatic carbocycles. The van der Waals surface area contributed by atoms with E-state index in [1.54, 1.807) is 12.4 Å². The van der Waals surface area contributed by atoms with Crippen LogP contribution in [-0.4, -0.2) is 43.4 Å². The van der Waals surface area contributed by atoms with Crippen LogP contribution in [0.15, 0.2) is 55.1 Å². The number of likely N-dealkylation sites (tertiary alicyclic amines) is 1. The van der Waals surface area contributed by atoms with Crippen LogP contribution in [0.5, 0.6) is 0 Å². The zero-order chi connectivity index (χ0) is 20.2. The number of hydrogen-bond donors (Lipinski definition) is 0. The summed E-state index contributed by atoms with van der Waals surface area (Å²) >= 11 is 0. The quantitative estimate of drug-likeness (QED) is 0.667. The third kappa shape index (κ3) is 4.21. The normalized spacial score (nSPS) is 16.9. The summed E-state index contributed by atoms with van der Waals surface area (Å²) in [6.07, 6.45) is 9.66. The monoisotopic (exact) mass is 389 g/mol. The fourth-order valence-corrected chi connectivity index (χ4v) is 4.05. The third-order valence-corrected chi connectivity index (χ3v) is 5.48. The molecule has 0 aliphatic carbocycles. The van der Waals surface area contributed by atoms with E-state index in [-0.39, 0.29) is 17.7 Å². The standard InChI is InChI=1S/C23H27N5O/c1-17(2)22-26-12-14-28(22)23-21(24-10-11-25-23)19-9-6-13-27(16-19)20(29)15-18-7-4-3-5-8-18/h3-5,7-8,10-12,14,17,19H,6,9,13,15-16H2,1-2H3/t19-/m1/s1. The molecule has 3 heterocycles. The molecular formula is C23H27N5O. The summed E-state index contributed by atoms with van der Waals surface area (Å²) in [5.41, 5.74) is 2.00. The van der Waals surface area contributed by atoms with E-state index < -0.39 is 0 Å². The number of hydrogen-bond acceptors (Lipinski definition) is 4. The Morgan fingerprint density at radius 3 is 2.69 bits per heavy atom. The Labute approximate surface area is 171 Å². The predicted octanol–water partition coefficient (Wildman–Crippen LogP) is 3.73. The minimum Gasteiger partial charge on any atom is -0.342 e. The molecule has 1 fully saturated rings. The van der Waals surface area contributed by atoms with E-state index >= 15 is 0 Å².